The van der Waals surface area contributed by atoms with E-state index in [1.165, 1.54) is 11.1 Å². The van der Waals surface area contributed by atoms with Crippen LogP contribution in [-0.2, 0) is 0 Å². The average Bonchev–Trinajstić information content (AvgIpc) is 2.79. The van der Waals surface area contributed by atoms with E-state index in [9.17, 15) is 5.11 Å². The van der Waals surface area contributed by atoms with Crippen LogP contribution < -0.4 is 0 Å². The molecule has 3 aromatic rings. The lowest BCUT2D eigenvalue weighted by Crippen LogP contribution is -2.57. The third kappa shape index (κ3) is 3.67. The second-order valence-corrected chi connectivity index (χ2v) is 8.40. The number of piperidine rings is 1. The van der Waals surface area contributed by atoms with Gasteiger partial charge in [-0.2, -0.15) is 0 Å². The number of hydrogen-bond donors (Lipinski definition) is 1. The third-order valence-corrected chi connectivity index (χ3v) is 6.68. The average molecular weight is 396 g/mol. The van der Waals surface area contributed by atoms with Gasteiger partial charge in [0.05, 0.1) is 0 Å². The highest BCUT2D eigenvalue weighted by Crippen LogP contribution is 2.51. The third-order valence-electron chi connectivity index (χ3n) is 6.68. The summed E-state index contributed by atoms with van der Waals surface area (Å²) in [6.07, 6.45) is 0. The van der Waals surface area contributed by atoms with E-state index in [1.807, 2.05) is 42.5 Å². The van der Waals surface area contributed by atoms with Gasteiger partial charge in [-0.1, -0.05) is 105 Å². The molecule has 0 aromatic heterocycles. The molecule has 0 spiro atoms. The lowest BCUT2D eigenvalue weighted by Gasteiger charge is -2.54. The molecular formula is C28H29NO. The fraction of sp³-hybridized carbons (Fsp3) is 0.286. The molecule has 2 nitrogen and oxygen atoms in total. The van der Waals surface area contributed by atoms with Gasteiger partial charge in [0.15, 0.2) is 0 Å². The SMILES string of the molecule is C[C@@H]1[C@@H](c2ccccc2)N(C)[C@H](c2ccccc2)[C@H](C)C1(O)C#Cc1ccccc1. The van der Waals surface area contributed by atoms with Crippen molar-refractivity contribution >= 4 is 0 Å². The van der Waals surface area contributed by atoms with E-state index in [0.29, 0.717) is 0 Å². The van der Waals surface area contributed by atoms with Crippen LogP contribution in [0.3, 0.4) is 0 Å². The first-order valence-electron chi connectivity index (χ1n) is 10.6. The van der Waals surface area contributed by atoms with Gasteiger partial charge in [0.1, 0.15) is 5.60 Å². The van der Waals surface area contributed by atoms with Gasteiger partial charge in [-0.15, -0.1) is 0 Å². The maximum absolute atomic E-state index is 12.1. The molecule has 1 heterocycles. The molecule has 1 aliphatic heterocycles. The van der Waals surface area contributed by atoms with E-state index in [2.05, 4.69) is 86.2 Å². The first-order chi connectivity index (χ1) is 14.5. The summed E-state index contributed by atoms with van der Waals surface area (Å²) < 4.78 is 0. The zero-order chi connectivity index (χ0) is 21.1. The van der Waals surface area contributed by atoms with E-state index in [4.69, 9.17) is 0 Å². The molecule has 1 unspecified atom stereocenters. The number of nitrogens with zero attached hydrogens (tertiary/aromatic N) is 1. The Morgan fingerprint density at radius 1 is 0.700 bits per heavy atom. The Hall–Kier alpha value is -2.86. The molecule has 0 aliphatic carbocycles. The first-order valence-corrected chi connectivity index (χ1v) is 10.6. The Morgan fingerprint density at radius 2 is 1.10 bits per heavy atom. The summed E-state index contributed by atoms with van der Waals surface area (Å²) in [6, 6.07) is 31.0. The van der Waals surface area contributed by atoms with E-state index in [-0.39, 0.29) is 23.9 Å². The van der Waals surface area contributed by atoms with Crippen molar-refractivity contribution in [2.24, 2.45) is 11.8 Å². The van der Waals surface area contributed by atoms with Crippen molar-refractivity contribution in [3.63, 3.8) is 0 Å². The Balaban J connectivity index is 1.83. The number of benzene rings is 3. The minimum absolute atomic E-state index is 0.0580. The molecule has 3 aromatic carbocycles. The van der Waals surface area contributed by atoms with Crippen LogP contribution in [0.15, 0.2) is 91.0 Å². The molecule has 0 amide bonds. The normalized spacial score (nSPS) is 29.1. The number of likely N-dealkylation sites (tertiary alicyclic amines) is 1. The summed E-state index contributed by atoms with van der Waals surface area (Å²) in [4.78, 5) is 2.42. The van der Waals surface area contributed by atoms with Crippen molar-refractivity contribution < 1.29 is 5.11 Å². The molecule has 1 saturated heterocycles. The van der Waals surface area contributed by atoms with Crippen molar-refractivity contribution in [1.82, 2.24) is 4.90 Å². The van der Waals surface area contributed by atoms with Gasteiger partial charge in [0.2, 0.25) is 0 Å². The van der Waals surface area contributed by atoms with Crippen LogP contribution in [0.5, 0.6) is 0 Å². The Labute approximate surface area is 180 Å². The minimum atomic E-state index is -1.12. The van der Waals surface area contributed by atoms with Crippen LogP contribution in [-0.4, -0.2) is 22.7 Å². The number of hydrogen-bond acceptors (Lipinski definition) is 2. The highest BCUT2D eigenvalue weighted by Gasteiger charge is 2.53. The molecule has 4 rings (SSSR count). The molecule has 0 radical (unpaired) electrons. The van der Waals surface area contributed by atoms with Crippen LogP contribution >= 0.6 is 0 Å². The summed E-state index contributed by atoms with van der Waals surface area (Å²) >= 11 is 0. The molecular weight excluding hydrogens is 366 g/mol. The summed E-state index contributed by atoms with van der Waals surface area (Å²) in [5, 5.41) is 12.1. The molecule has 0 bridgehead atoms. The molecule has 30 heavy (non-hydrogen) atoms. The summed E-state index contributed by atoms with van der Waals surface area (Å²) in [5.74, 6) is 6.45. The second kappa shape index (κ2) is 8.48. The molecule has 5 atom stereocenters. The Morgan fingerprint density at radius 3 is 1.53 bits per heavy atom. The molecule has 152 valence electrons. The predicted molar refractivity (Wildman–Crippen MR) is 123 cm³/mol. The van der Waals surface area contributed by atoms with Crippen molar-refractivity contribution in [2.45, 2.75) is 31.5 Å². The topological polar surface area (TPSA) is 23.5 Å². The van der Waals surface area contributed by atoms with E-state index < -0.39 is 5.60 Å². The van der Waals surface area contributed by atoms with Crippen LogP contribution in [0.25, 0.3) is 0 Å². The van der Waals surface area contributed by atoms with Crippen LogP contribution in [0, 0.1) is 23.7 Å². The summed E-state index contributed by atoms with van der Waals surface area (Å²) in [5.41, 5.74) is 2.22. The zero-order valence-corrected chi connectivity index (χ0v) is 17.9. The standard InChI is InChI=1S/C28H29NO/c1-21-26(24-15-9-5-10-16-24)29(3)27(25-17-11-6-12-18-25)22(2)28(21,30)20-19-23-13-7-4-8-14-23/h4-18,21-22,26-27,30H,1-3H3/t21-,22+,26-,27-,28?/m0/s1. The van der Waals surface area contributed by atoms with Gasteiger partial charge >= 0.3 is 0 Å². The second-order valence-electron chi connectivity index (χ2n) is 8.40. The smallest absolute Gasteiger partial charge is 0.134 e. The number of aliphatic hydroxyl groups is 1. The van der Waals surface area contributed by atoms with Gasteiger partial charge in [0, 0.05) is 29.5 Å². The highest BCUT2D eigenvalue weighted by atomic mass is 16.3. The van der Waals surface area contributed by atoms with Gasteiger partial charge in [-0.3, -0.25) is 4.90 Å². The van der Waals surface area contributed by atoms with E-state index in [1.54, 1.807) is 0 Å². The number of rotatable bonds is 2. The van der Waals surface area contributed by atoms with Gasteiger partial charge in [0.25, 0.3) is 0 Å². The lowest BCUT2D eigenvalue weighted by atomic mass is 9.65. The molecule has 1 aliphatic rings. The Kier molecular flexibility index (Phi) is 5.77. The zero-order valence-electron chi connectivity index (χ0n) is 17.9. The largest absolute Gasteiger partial charge is 0.377 e. The molecule has 2 heteroatoms. The summed E-state index contributed by atoms with van der Waals surface area (Å²) in [6.45, 7) is 4.26. The molecule has 0 saturated carbocycles. The fourth-order valence-electron chi connectivity index (χ4n) is 5.04. The quantitative estimate of drug-likeness (QED) is 0.582. The van der Waals surface area contributed by atoms with Crippen LogP contribution in [0.2, 0.25) is 0 Å². The van der Waals surface area contributed by atoms with E-state index in [0.717, 1.165) is 5.56 Å². The minimum Gasteiger partial charge on any atom is -0.377 e. The molecule has 1 fully saturated rings. The lowest BCUT2D eigenvalue weighted by molar-refractivity contribution is -0.119. The fourth-order valence-corrected chi connectivity index (χ4v) is 5.04. The van der Waals surface area contributed by atoms with Gasteiger partial charge < -0.3 is 5.11 Å². The summed E-state index contributed by atoms with van der Waals surface area (Å²) in [7, 11) is 2.17. The van der Waals surface area contributed by atoms with Crippen molar-refractivity contribution in [1.29, 1.82) is 0 Å². The monoisotopic (exact) mass is 395 g/mol. The maximum Gasteiger partial charge on any atom is 0.134 e. The van der Waals surface area contributed by atoms with E-state index >= 15 is 0 Å². The van der Waals surface area contributed by atoms with Gasteiger partial charge in [-0.25, -0.2) is 0 Å². The van der Waals surface area contributed by atoms with Crippen molar-refractivity contribution in [2.75, 3.05) is 7.05 Å². The highest BCUT2D eigenvalue weighted by molar-refractivity contribution is 5.39. The van der Waals surface area contributed by atoms with Crippen LogP contribution in [0.1, 0.15) is 42.6 Å². The van der Waals surface area contributed by atoms with Crippen LogP contribution in [0.4, 0.5) is 0 Å². The maximum atomic E-state index is 12.1. The van der Waals surface area contributed by atoms with Crippen molar-refractivity contribution in [3.8, 4) is 11.8 Å². The molecule has 1 N–H and O–H groups in total. The van der Waals surface area contributed by atoms with Gasteiger partial charge in [-0.05, 0) is 30.3 Å². The Bertz CT molecular complexity index is 966. The predicted octanol–water partition coefficient (Wildman–Crippen LogP) is 5.47. The van der Waals surface area contributed by atoms with Crippen molar-refractivity contribution in [3.05, 3.63) is 108 Å². The first kappa shape index (κ1) is 20.4.